The normalized spacial score (nSPS) is 14.2. The number of ether oxygens (including phenoxy) is 1. The maximum absolute atomic E-state index is 11.3. The maximum Gasteiger partial charge on any atom is 0.185 e. The Bertz CT molecular complexity index is 1460. The minimum Gasteiger partial charge on any atom is -0.494 e. The van der Waals surface area contributed by atoms with Crippen molar-refractivity contribution >= 4 is 22.7 Å². The number of imidazole rings is 1. The Kier molecular flexibility index (Phi) is 6.99. The summed E-state index contributed by atoms with van der Waals surface area (Å²) in [6.45, 7) is 11.1. The third kappa shape index (κ3) is 4.96. The Morgan fingerprint density at radius 1 is 1.19 bits per heavy atom. The fourth-order valence-corrected chi connectivity index (χ4v) is 4.84. The zero-order valence-electron chi connectivity index (χ0n) is 21.6. The summed E-state index contributed by atoms with van der Waals surface area (Å²) in [5, 5.41) is 6.62. The predicted molar refractivity (Wildman–Crippen MR) is 147 cm³/mol. The second kappa shape index (κ2) is 10.5. The molecule has 0 amide bonds. The molecule has 1 atom stereocenters. The lowest BCUT2D eigenvalue weighted by molar-refractivity contribution is 0.285. The number of benzene rings is 2. The van der Waals surface area contributed by atoms with Crippen molar-refractivity contribution in [2.24, 2.45) is 11.1 Å². The fourth-order valence-electron chi connectivity index (χ4n) is 4.84. The summed E-state index contributed by atoms with van der Waals surface area (Å²) >= 11 is 0. The number of nitroso groups, excluding NO2 is 1. The first-order valence-corrected chi connectivity index (χ1v) is 12.8. The van der Waals surface area contributed by atoms with Crippen molar-refractivity contribution in [3.63, 3.8) is 0 Å². The first kappa shape index (κ1) is 24.6. The first-order valence-electron chi connectivity index (χ1n) is 12.8. The van der Waals surface area contributed by atoms with Gasteiger partial charge in [0.2, 0.25) is 0 Å². The van der Waals surface area contributed by atoms with Crippen molar-refractivity contribution in [2.45, 2.75) is 52.6 Å². The van der Waals surface area contributed by atoms with Gasteiger partial charge in [-0.25, -0.2) is 15.0 Å². The molecule has 5 rings (SSSR count). The Morgan fingerprint density at radius 3 is 2.70 bits per heavy atom. The molecule has 2 aromatic carbocycles. The molecule has 0 bridgehead atoms. The van der Waals surface area contributed by atoms with E-state index < -0.39 is 0 Å². The fraction of sp³-hybridized carbons (Fsp3) is 0.345. The van der Waals surface area contributed by atoms with E-state index in [-0.39, 0.29) is 17.6 Å². The molecule has 1 fully saturated rings. The summed E-state index contributed by atoms with van der Waals surface area (Å²) in [6.07, 6.45) is 3.62. The zero-order chi connectivity index (χ0) is 25.9. The van der Waals surface area contributed by atoms with Gasteiger partial charge in [0.25, 0.3) is 0 Å². The van der Waals surface area contributed by atoms with Gasteiger partial charge in [-0.15, -0.1) is 4.91 Å². The van der Waals surface area contributed by atoms with Crippen LogP contribution in [-0.4, -0.2) is 32.2 Å². The van der Waals surface area contributed by atoms with Crippen LogP contribution in [0.3, 0.4) is 0 Å². The molecular weight excluding hydrogens is 464 g/mol. The molecule has 8 nitrogen and oxygen atoms in total. The zero-order valence-corrected chi connectivity index (χ0v) is 21.6. The van der Waals surface area contributed by atoms with Gasteiger partial charge in [0.05, 0.1) is 13.2 Å². The van der Waals surface area contributed by atoms with Crippen LogP contribution < -0.4 is 10.1 Å². The molecule has 2 aromatic heterocycles. The van der Waals surface area contributed by atoms with Crippen LogP contribution in [0.4, 0.5) is 5.82 Å². The minimum absolute atomic E-state index is 0.0189. The van der Waals surface area contributed by atoms with E-state index in [4.69, 9.17) is 14.7 Å². The van der Waals surface area contributed by atoms with Gasteiger partial charge in [0.15, 0.2) is 17.3 Å². The Labute approximate surface area is 216 Å². The molecule has 2 heterocycles. The number of fused-ring (bicyclic) bond motifs is 1. The van der Waals surface area contributed by atoms with Crippen LogP contribution >= 0.6 is 0 Å². The van der Waals surface area contributed by atoms with Crippen LogP contribution in [0.25, 0.3) is 28.2 Å². The van der Waals surface area contributed by atoms with Crippen molar-refractivity contribution in [1.82, 2.24) is 19.5 Å². The molecule has 1 N–H and O–H groups in total. The lowest BCUT2D eigenvalue weighted by Gasteiger charge is -2.32. The summed E-state index contributed by atoms with van der Waals surface area (Å²) < 4.78 is 8.07. The summed E-state index contributed by atoms with van der Waals surface area (Å²) in [7, 11) is 0. The third-order valence-corrected chi connectivity index (χ3v) is 7.07. The van der Waals surface area contributed by atoms with Crippen LogP contribution in [0.15, 0.2) is 60.3 Å². The second-order valence-corrected chi connectivity index (χ2v) is 9.66. The SMILES string of the molecule is C=C(N=O)c1nc(NC(C)C2CCC2)c2c(n1)nc(-c1cccc(C)c1)n2Cc1ccccc1OCC. The third-order valence-electron chi connectivity index (χ3n) is 7.07. The minimum atomic E-state index is -0.0189. The highest BCUT2D eigenvalue weighted by Gasteiger charge is 2.27. The molecule has 1 aliphatic carbocycles. The van der Waals surface area contributed by atoms with Gasteiger partial charge in [-0.3, -0.25) is 0 Å². The van der Waals surface area contributed by atoms with E-state index in [1.165, 1.54) is 19.3 Å². The topological polar surface area (TPSA) is 94.3 Å². The number of nitrogens with one attached hydrogen (secondary N) is 1. The Balaban J connectivity index is 1.73. The Morgan fingerprint density at radius 2 is 2.00 bits per heavy atom. The highest BCUT2D eigenvalue weighted by Crippen LogP contribution is 2.35. The van der Waals surface area contributed by atoms with E-state index in [1.54, 1.807) is 0 Å². The maximum atomic E-state index is 11.3. The molecule has 1 unspecified atom stereocenters. The molecule has 190 valence electrons. The van der Waals surface area contributed by atoms with Crippen LogP contribution in [0.2, 0.25) is 0 Å². The Hall–Kier alpha value is -4.07. The smallest absolute Gasteiger partial charge is 0.185 e. The summed E-state index contributed by atoms with van der Waals surface area (Å²) in [5.41, 5.74) is 4.37. The van der Waals surface area contributed by atoms with Crippen molar-refractivity contribution in [3.8, 4) is 17.1 Å². The van der Waals surface area contributed by atoms with E-state index in [9.17, 15) is 4.91 Å². The highest BCUT2D eigenvalue weighted by atomic mass is 16.5. The van der Waals surface area contributed by atoms with Crippen LogP contribution in [0.5, 0.6) is 5.75 Å². The highest BCUT2D eigenvalue weighted by molar-refractivity contribution is 5.88. The second-order valence-electron chi connectivity index (χ2n) is 9.66. The molecule has 0 aliphatic heterocycles. The molecular formula is C29H32N6O2. The molecule has 0 saturated heterocycles. The number of hydrogen-bond acceptors (Lipinski definition) is 7. The largest absolute Gasteiger partial charge is 0.494 e. The first-order chi connectivity index (χ1) is 18.0. The van der Waals surface area contributed by atoms with Crippen LogP contribution in [0.1, 0.15) is 50.1 Å². The predicted octanol–water partition coefficient (Wildman–Crippen LogP) is 6.59. The number of anilines is 1. The molecule has 1 saturated carbocycles. The lowest BCUT2D eigenvalue weighted by Crippen LogP contribution is -2.31. The van der Waals surface area contributed by atoms with E-state index in [0.29, 0.717) is 30.5 Å². The van der Waals surface area contributed by atoms with Gasteiger partial charge in [0, 0.05) is 17.2 Å². The van der Waals surface area contributed by atoms with Crippen molar-refractivity contribution in [1.29, 1.82) is 0 Å². The number of para-hydroxylation sites is 1. The monoisotopic (exact) mass is 496 g/mol. The number of nitrogens with zero attached hydrogens (tertiary/aromatic N) is 5. The average Bonchev–Trinajstić information content (AvgIpc) is 3.22. The summed E-state index contributed by atoms with van der Waals surface area (Å²) in [5.74, 6) is 2.98. The molecule has 8 heteroatoms. The van der Waals surface area contributed by atoms with Crippen LogP contribution in [0, 0.1) is 17.7 Å². The van der Waals surface area contributed by atoms with E-state index in [1.807, 2.05) is 37.3 Å². The van der Waals surface area contributed by atoms with E-state index in [0.717, 1.165) is 33.8 Å². The van der Waals surface area contributed by atoms with Gasteiger partial charge >= 0.3 is 0 Å². The summed E-state index contributed by atoms with van der Waals surface area (Å²) in [6, 6.07) is 16.5. The van der Waals surface area contributed by atoms with Gasteiger partial charge in [0.1, 0.15) is 22.8 Å². The van der Waals surface area contributed by atoms with Gasteiger partial charge in [-0.1, -0.05) is 55.0 Å². The molecule has 37 heavy (non-hydrogen) atoms. The molecule has 4 aromatic rings. The number of aryl methyl sites for hydroxylation is 1. The quantitative estimate of drug-likeness (QED) is 0.249. The van der Waals surface area contributed by atoms with E-state index >= 15 is 0 Å². The standard InChI is InChI=1S/C29H32N6O2/c1-5-37-24-15-7-6-11-23(24)17-35-25-27(30-19(3)21-12-9-13-21)31-26(20(4)34-36)32-28(25)33-29(35)22-14-8-10-18(2)16-22/h6-8,10-11,14-16,19,21H,4-5,9,12-13,17H2,1-3H3,(H,30,31,32). The summed E-state index contributed by atoms with van der Waals surface area (Å²) in [4.78, 5) is 25.6. The van der Waals surface area contributed by atoms with E-state index in [2.05, 4.69) is 58.7 Å². The lowest BCUT2D eigenvalue weighted by atomic mass is 9.80. The van der Waals surface area contributed by atoms with Crippen LogP contribution in [-0.2, 0) is 6.54 Å². The van der Waals surface area contributed by atoms with Gasteiger partial charge in [-0.05, 0) is 56.8 Å². The molecule has 1 aliphatic rings. The van der Waals surface area contributed by atoms with Gasteiger partial charge < -0.3 is 14.6 Å². The van der Waals surface area contributed by atoms with Crippen molar-refractivity contribution < 1.29 is 4.74 Å². The number of aromatic nitrogens is 4. The average molecular weight is 497 g/mol. The number of hydrogen-bond donors (Lipinski definition) is 1. The molecule has 0 spiro atoms. The number of rotatable bonds is 10. The van der Waals surface area contributed by atoms with Crippen molar-refractivity contribution in [3.05, 3.63) is 77.0 Å². The van der Waals surface area contributed by atoms with Gasteiger partial charge in [-0.2, -0.15) is 0 Å². The molecule has 0 radical (unpaired) electrons. The van der Waals surface area contributed by atoms with Crippen molar-refractivity contribution in [2.75, 3.05) is 11.9 Å².